The zero-order valence-corrected chi connectivity index (χ0v) is 20.0. The molecule has 1 aromatic heterocycles. The number of hydrogen-bond donors (Lipinski definition) is 2. The molecule has 1 saturated heterocycles. The molecule has 6 nitrogen and oxygen atoms in total. The van der Waals surface area contributed by atoms with Gasteiger partial charge in [0.05, 0.1) is 5.69 Å². The molecule has 0 radical (unpaired) electrons. The molecule has 1 aromatic carbocycles. The molecule has 2 aliphatic rings. The number of aryl methyl sites for hydroxylation is 1. The highest BCUT2D eigenvalue weighted by molar-refractivity contribution is 5.73. The van der Waals surface area contributed by atoms with Crippen LogP contribution in [0, 0.1) is 11.6 Å². The van der Waals surface area contributed by atoms with Crippen molar-refractivity contribution in [1.82, 2.24) is 19.8 Å². The number of carboxylic acids is 1. The molecule has 2 aromatic rings. The van der Waals surface area contributed by atoms with E-state index in [1.807, 2.05) is 6.20 Å². The fourth-order valence-electron chi connectivity index (χ4n) is 4.46. The number of aliphatic carboxylic acids is 1. The molecular weight excluding hydrogens is 471 g/mol. The van der Waals surface area contributed by atoms with E-state index in [2.05, 4.69) is 40.5 Å². The maximum Gasteiger partial charge on any atom is 0.490 e. The second-order valence-electron chi connectivity index (χ2n) is 9.96. The van der Waals surface area contributed by atoms with Crippen LogP contribution in [0.1, 0.15) is 45.9 Å². The van der Waals surface area contributed by atoms with Gasteiger partial charge in [-0.05, 0) is 52.2 Å². The van der Waals surface area contributed by atoms with Crippen LogP contribution in [0.4, 0.5) is 22.0 Å². The number of imidazole rings is 1. The Labute approximate surface area is 201 Å². The third-order valence-corrected chi connectivity index (χ3v) is 6.36. The van der Waals surface area contributed by atoms with Crippen LogP contribution in [0.2, 0.25) is 0 Å². The Bertz CT molecular complexity index is 1020. The Balaban J connectivity index is 0.000000429. The molecule has 2 aliphatic heterocycles. The Morgan fingerprint density at radius 3 is 2.26 bits per heavy atom. The summed E-state index contributed by atoms with van der Waals surface area (Å²) in [6.07, 6.45) is 1.10. The molecule has 11 heteroatoms. The number of likely N-dealkylation sites (tertiary alicyclic amines) is 1. The Kier molecular flexibility index (Phi) is 8.21. The van der Waals surface area contributed by atoms with Crippen LogP contribution >= 0.6 is 0 Å². The summed E-state index contributed by atoms with van der Waals surface area (Å²) < 4.78 is 61.1. The molecule has 2 N–H and O–H groups in total. The Morgan fingerprint density at radius 1 is 1.09 bits per heavy atom. The number of nitrogens with one attached hydrogen (secondary N) is 1. The average molecular weight is 503 g/mol. The van der Waals surface area contributed by atoms with E-state index in [0.29, 0.717) is 23.3 Å². The van der Waals surface area contributed by atoms with Crippen molar-refractivity contribution in [3.8, 4) is 11.3 Å². The average Bonchev–Trinajstić information content (AvgIpc) is 3.16. The largest absolute Gasteiger partial charge is 0.490 e. The number of halogens is 5. The first-order valence-electron chi connectivity index (χ1n) is 11.6. The van der Waals surface area contributed by atoms with Crippen LogP contribution in [0.15, 0.2) is 24.4 Å². The lowest BCUT2D eigenvalue weighted by atomic mass is 9.96. The second kappa shape index (κ2) is 10.6. The van der Waals surface area contributed by atoms with Crippen LogP contribution in [-0.2, 0) is 17.8 Å². The third kappa shape index (κ3) is 7.23. The summed E-state index contributed by atoms with van der Waals surface area (Å²) in [7, 11) is 0. The van der Waals surface area contributed by atoms with Crippen molar-refractivity contribution in [2.75, 3.05) is 13.1 Å². The number of benzene rings is 1. The van der Waals surface area contributed by atoms with Crippen LogP contribution in [0.25, 0.3) is 11.3 Å². The highest BCUT2D eigenvalue weighted by Gasteiger charge is 2.38. The molecule has 0 bridgehead atoms. The fraction of sp³-hybridized carbons (Fsp3) is 0.583. The van der Waals surface area contributed by atoms with Crippen molar-refractivity contribution in [2.24, 2.45) is 0 Å². The van der Waals surface area contributed by atoms with E-state index in [0.717, 1.165) is 44.4 Å². The summed E-state index contributed by atoms with van der Waals surface area (Å²) >= 11 is 0. The van der Waals surface area contributed by atoms with Gasteiger partial charge < -0.3 is 15.0 Å². The third-order valence-electron chi connectivity index (χ3n) is 6.36. The molecule has 0 aliphatic carbocycles. The predicted molar refractivity (Wildman–Crippen MR) is 121 cm³/mol. The van der Waals surface area contributed by atoms with Gasteiger partial charge in [-0.15, -0.1) is 0 Å². The van der Waals surface area contributed by atoms with Crippen molar-refractivity contribution < 1.29 is 31.9 Å². The second-order valence-corrected chi connectivity index (χ2v) is 9.96. The topological polar surface area (TPSA) is 70.4 Å². The molecule has 1 atom stereocenters. The lowest BCUT2D eigenvalue weighted by Gasteiger charge is -2.42. The van der Waals surface area contributed by atoms with Crippen LogP contribution in [-0.4, -0.2) is 62.4 Å². The van der Waals surface area contributed by atoms with Gasteiger partial charge in [-0.2, -0.15) is 13.2 Å². The summed E-state index contributed by atoms with van der Waals surface area (Å²) in [5, 5.41) is 11.0. The number of fused-ring (bicyclic) bond motifs is 1. The molecule has 3 heterocycles. The number of hydrogen-bond acceptors (Lipinski definition) is 4. The lowest BCUT2D eigenvalue weighted by Crippen LogP contribution is -2.52. The summed E-state index contributed by atoms with van der Waals surface area (Å²) in [6, 6.07) is 4.65. The minimum atomic E-state index is -5.08. The van der Waals surface area contributed by atoms with Crippen LogP contribution < -0.4 is 5.32 Å². The number of piperidine rings is 1. The molecule has 1 fully saturated rings. The summed E-state index contributed by atoms with van der Waals surface area (Å²) in [5.74, 6) is -2.89. The monoisotopic (exact) mass is 502 g/mol. The fourth-order valence-corrected chi connectivity index (χ4v) is 4.46. The van der Waals surface area contributed by atoms with Crippen molar-refractivity contribution in [3.63, 3.8) is 0 Å². The van der Waals surface area contributed by atoms with Gasteiger partial charge in [0.15, 0.2) is 0 Å². The molecule has 4 rings (SSSR count). The molecule has 35 heavy (non-hydrogen) atoms. The van der Waals surface area contributed by atoms with Crippen LogP contribution in [0.3, 0.4) is 0 Å². The van der Waals surface area contributed by atoms with E-state index in [9.17, 15) is 22.0 Å². The van der Waals surface area contributed by atoms with Gasteiger partial charge in [0.2, 0.25) is 0 Å². The number of alkyl halides is 3. The highest BCUT2D eigenvalue weighted by atomic mass is 19.4. The number of rotatable bonds is 3. The summed E-state index contributed by atoms with van der Waals surface area (Å²) in [4.78, 5) is 16.1. The normalized spacial score (nSPS) is 19.6. The lowest BCUT2D eigenvalue weighted by molar-refractivity contribution is -0.192. The molecule has 0 saturated carbocycles. The zero-order chi connectivity index (χ0) is 26.0. The van der Waals surface area contributed by atoms with Gasteiger partial charge in [-0.25, -0.2) is 18.6 Å². The van der Waals surface area contributed by atoms with E-state index in [1.165, 1.54) is 25.0 Å². The van der Waals surface area contributed by atoms with Gasteiger partial charge in [-0.3, -0.25) is 4.90 Å². The van der Waals surface area contributed by atoms with Crippen molar-refractivity contribution in [1.29, 1.82) is 0 Å². The molecule has 0 spiro atoms. The van der Waals surface area contributed by atoms with E-state index < -0.39 is 23.8 Å². The SMILES string of the molecule is CC(C)(C)N1CCC(NC2CCc3nc(-c4ccc(F)cc4F)cn3C2)CC1.O=C(O)C(F)(F)F. The quantitative estimate of drug-likeness (QED) is 0.599. The van der Waals surface area contributed by atoms with E-state index >= 15 is 0 Å². The van der Waals surface area contributed by atoms with Gasteiger partial charge in [0, 0.05) is 61.5 Å². The number of aromatic nitrogens is 2. The Morgan fingerprint density at radius 2 is 1.71 bits per heavy atom. The van der Waals surface area contributed by atoms with Gasteiger partial charge in [-0.1, -0.05) is 0 Å². The molecule has 0 amide bonds. The Hall–Kier alpha value is -2.53. The van der Waals surface area contributed by atoms with Crippen molar-refractivity contribution in [2.45, 2.75) is 76.8 Å². The first kappa shape index (κ1) is 27.1. The standard InChI is InChI=1S/C22H30F2N4.C2HF3O2/c1-22(2,3)28-10-8-16(9-11-28)25-17-5-7-21-26-20(14-27(21)13-17)18-6-4-15(23)12-19(18)24;3-2(4,5)1(6)7/h4,6,12,14,16-17,25H,5,7-11,13H2,1-3H3;(H,6,7). The van der Waals surface area contributed by atoms with E-state index in [-0.39, 0.29) is 5.54 Å². The minimum Gasteiger partial charge on any atom is -0.475 e. The maximum atomic E-state index is 14.1. The van der Waals surface area contributed by atoms with Crippen LogP contribution in [0.5, 0.6) is 0 Å². The van der Waals surface area contributed by atoms with Gasteiger partial charge >= 0.3 is 12.1 Å². The maximum absolute atomic E-state index is 14.1. The molecule has 1 unspecified atom stereocenters. The highest BCUT2D eigenvalue weighted by Crippen LogP contribution is 2.26. The number of carboxylic acid groups (broad SMARTS) is 1. The number of carbonyl (C=O) groups is 1. The first-order chi connectivity index (χ1) is 16.2. The van der Waals surface area contributed by atoms with Crippen molar-refractivity contribution in [3.05, 3.63) is 41.9 Å². The summed E-state index contributed by atoms with van der Waals surface area (Å²) in [5.41, 5.74) is 1.20. The van der Waals surface area contributed by atoms with E-state index in [4.69, 9.17) is 9.90 Å². The first-order valence-corrected chi connectivity index (χ1v) is 11.6. The van der Waals surface area contributed by atoms with Gasteiger partial charge in [0.25, 0.3) is 0 Å². The molecule has 194 valence electrons. The van der Waals surface area contributed by atoms with E-state index in [1.54, 1.807) is 0 Å². The number of nitrogens with zero attached hydrogens (tertiary/aromatic N) is 3. The molecular formula is C24H31F5N4O2. The summed E-state index contributed by atoms with van der Waals surface area (Å²) in [6.45, 7) is 9.97. The van der Waals surface area contributed by atoms with Gasteiger partial charge in [0.1, 0.15) is 17.5 Å². The predicted octanol–water partition coefficient (Wildman–Crippen LogP) is 4.63. The van der Waals surface area contributed by atoms with Crippen molar-refractivity contribution >= 4 is 5.97 Å². The minimum absolute atomic E-state index is 0.244. The zero-order valence-electron chi connectivity index (χ0n) is 20.0. The smallest absolute Gasteiger partial charge is 0.475 e.